The Kier molecular flexibility index (Phi) is 5.15. The lowest BCUT2D eigenvalue weighted by atomic mass is 10.2. The van der Waals surface area contributed by atoms with E-state index in [1.807, 2.05) is 38.2 Å². The number of carbonyl (C=O) groups excluding carboxylic acids is 1. The van der Waals surface area contributed by atoms with Crippen LogP contribution in [0.5, 0.6) is 0 Å². The molecule has 3 rings (SSSR count). The van der Waals surface area contributed by atoms with Crippen LogP contribution >= 0.6 is 0 Å². The fraction of sp³-hybridized carbons (Fsp3) is 0.526. The van der Waals surface area contributed by atoms with Gasteiger partial charge in [-0.2, -0.15) is 5.10 Å². The molecule has 0 saturated heterocycles. The molecule has 1 atom stereocenters. The van der Waals surface area contributed by atoms with E-state index in [4.69, 9.17) is 4.42 Å². The second-order valence-electron chi connectivity index (χ2n) is 6.75. The normalized spacial score (nSPS) is 12.8. The van der Waals surface area contributed by atoms with E-state index in [0.717, 1.165) is 23.5 Å². The lowest BCUT2D eigenvalue weighted by Gasteiger charge is -2.12. The van der Waals surface area contributed by atoms with Crippen molar-refractivity contribution in [3.8, 4) is 0 Å². The van der Waals surface area contributed by atoms with Gasteiger partial charge in [0.1, 0.15) is 17.1 Å². The molecule has 140 valence electrons. The Morgan fingerprint density at radius 3 is 2.77 bits per heavy atom. The molecule has 0 fully saturated rings. The Hall–Kier alpha value is -2.57. The molecule has 7 nitrogen and oxygen atoms in total. The summed E-state index contributed by atoms with van der Waals surface area (Å²) in [5.41, 5.74) is 1.98. The SMILES string of the molecule is CCc1nn(CCCC(=O)N[C@@H](C)CC)c(=O)c2cc3oc(C)cc3n12. The molecule has 3 aromatic rings. The topological polar surface area (TPSA) is 81.5 Å². The van der Waals surface area contributed by atoms with Crippen LogP contribution in [0, 0.1) is 6.92 Å². The van der Waals surface area contributed by atoms with Gasteiger partial charge < -0.3 is 9.73 Å². The Morgan fingerprint density at radius 2 is 2.08 bits per heavy atom. The predicted octanol–water partition coefficient (Wildman–Crippen LogP) is 2.81. The molecule has 0 spiro atoms. The van der Waals surface area contributed by atoms with Crippen molar-refractivity contribution in [2.24, 2.45) is 0 Å². The van der Waals surface area contributed by atoms with Crippen LogP contribution in [-0.2, 0) is 17.8 Å². The maximum absolute atomic E-state index is 12.8. The third-order valence-electron chi connectivity index (χ3n) is 4.67. The van der Waals surface area contributed by atoms with E-state index < -0.39 is 0 Å². The molecule has 0 aliphatic rings. The van der Waals surface area contributed by atoms with Gasteiger partial charge in [-0.1, -0.05) is 13.8 Å². The van der Waals surface area contributed by atoms with Crippen LogP contribution in [0.15, 0.2) is 21.3 Å². The zero-order valence-electron chi connectivity index (χ0n) is 15.8. The standard InChI is InChI=1S/C19H26N4O3/c1-5-12(3)20-18(24)8-7-9-22-19(25)15-11-16-14(10-13(4)26-16)23(15)17(6-2)21-22/h10-12H,5-9H2,1-4H3,(H,20,24)/t12-/m0/s1. The maximum Gasteiger partial charge on any atom is 0.291 e. The van der Waals surface area contributed by atoms with Crippen molar-refractivity contribution in [2.75, 3.05) is 0 Å². The molecule has 0 bridgehead atoms. The van der Waals surface area contributed by atoms with Crippen molar-refractivity contribution in [2.45, 2.75) is 66.0 Å². The monoisotopic (exact) mass is 358 g/mol. The number of rotatable bonds is 7. The second kappa shape index (κ2) is 7.35. The summed E-state index contributed by atoms with van der Waals surface area (Å²) in [6.45, 7) is 8.33. The highest BCUT2D eigenvalue weighted by Gasteiger charge is 2.16. The van der Waals surface area contributed by atoms with E-state index in [-0.39, 0.29) is 17.5 Å². The highest BCUT2D eigenvalue weighted by molar-refractivity contribution is 5.83. The molecule has 0 aromatic carbocycles. The minimum atomic E-state index is -0.159. The molecule has 1 amide bonds. The fourth-order valence-corrected chi connectivity index (χ4v) is 3.13. The molecule has 7 heteroatoms. The first-order valence-electron chi connectivity index (χ1n) is 9.25. The van der Waals surface area contributed by atoms with E-state index in [1.165, 1.54) is 4.68 Å². The summed E-state index contributed by atoms with van der Waals surface area (Å²) in [5.74, 6) is 1.63. The van der Waals surface area contributed by atoms with E-state index in [9.17, 15) is 9.59 Å². The molecule has 0 saturated carbocycles. The first-order valence-corrected chi connectivity index (χ1v) is 9.25. The molecular formula is C19H26N4O3. The minimum Gasteiger partial charge on any atom is -0.460 e. The Bertz CT molecular complexity index is 996. The molecule has 0 unspecified atom stereocenters. The van der Waals surface area contributed by atoms with Crippen molar-refractivity contribution < 1.29 is 9.21 Å². The summed E-state index contributed by atoms with van der Waals surface area (Å²) in [5, 5.41) is 7.46. The summed E-state index contributed by atoms with van der Waals surface area (Å²) >= 11 is 0. The summed E-state index contributed by atoms with van der Waals surface area (Å²) in [7, 11) is 0. The molecule has 26 heavy (non-hydrogen) atoms. The van der Waals surface area contributed by atoms with Crippen LogP contribution in [0.1, 0.15) is 51.6 Å². The van der Waals surface area contributed by atoms with E-state index in [1.54, 1.807) is 6.07 Å². The van der Waals surface area contributed by atoms with Gasteiger partial charge in [-0.3, -0.25) is 14.0 Å². The van der Waals surface area contributed by atoms with Gasteiger partial charge in [0.25, 0.3) is 5.56 Å². The van der Waals surface area contributed by atoms with Crippen LogP contribution in [-0.4, -0.2) is 26.1 Å². The van der Waals surface area contributed by atoms with Gasteiger partial charge in [0.05, 0.1) is 5.52 Å². The number of hydrogen-bond donors (Lipinski definition) is 1. The van der Waals surface area contributed by atoms with Crippen LogP contribution in [0.25, 0.3) is 16.6 Å². The van der Waals surface area contributed by atoms with Crippen molar-refractivity contribution in [3.63, 3.8) is 0 Å². The van der Waals surface area contributed by atoms with Crippen molar-refractivity contribution in [3.05, 3.63) is 34.1 Å². The van der Waals surface area contributed by atoms with Gasteiger partial charge in [0, 0.05) is 37.6 Å². The molecule has 0 aliphatic carbocycles. The number of aromatic nitrogens is 3. The maximum atomic E-state index is 12.8. The number of hydrogen-bond acceptors (Lipinski definition) is 4. The number of nitrogens with zero attached hydrogens (tertiary/aromatic N) is 3. The first-order chi connectivity index (χ1) is 12.4. The van der Waals surface area contributed by atoms with E-state index in [2.05, 4.69) is 10.4 Å². The van der Waals surface area contributed by atoms with Gasteiger partial charge in [0.2, 0.25) is 5.91 Å². The molecule has 1 N–H and O–H groups in total. The largest absolute Gasteiger partial charge is 0.460 e. The zero-order valence-corrected chi connectivity index (χ0v) is 15.8. The number of amides is 1. The zero-order chi connectivity index (χ0) is 18.8. The van der Waals surface area contributed by atoms with Gasteiger partial charge in [0.15, 0.2) is 5.58 Å². The molecule has 0 radical (unpaired) electrons. The number of aryl methyl sites for hydroxylation is 3. The number of nitrogens with one attached hydrogen (secondary N) is 1. The van der Waals surface area contributed by atoms with E-state index in [0.29, 0.717) is 36.9 Å². The molecule has 3 heterocycles. The lowest BCUT2D eigenvalue weighted by molar-refractivity contribution is -0.121. The first kappa shape index (κ1) is 18.2. The minimum absolute atomic E-state index is 0.0138. The third-order valence-corrected chi connectivity index (χ3v) is 4.67. The highest BCUT2D eigenvalue weighted by Crippen LogP contribution is 2.23. The molecule has 3 aromatic heterocycles. The van der Waals surface area contributed by atoms with Crippen molar-refractivity contribution in [1.29, 1.82) is 0 Å². The number of carbonyl (C=O) groups is 1. The summed E-state index contributed by atoms with van der Waals surface area (Å²) in [6, 6.07) is 3.87. The second-order valence-corrected chi connectivity index (χ2v) is 6.75. The predicted molar refractivity (Wildman–Crippen MR) is 100 cm³/mol. The summed E-state index contributed by atoms with van der Waals surface area (Å²) in [6.07, 6.45) is 2.55. The quantitative estimate of drug-likeness (QED) is 0.704. The summed E-state index contributed by atoms with van der Waals surface area (Å²) < 4.78 is 9.00. The van der Waals surface area contributed by atoms with Gasteiger partial charge in [-0.15, -0.1) is 0 Å². The van der Waals surface area contributed by atoms with Crippen molar-refractivity contribution in [1.82, 2.24) is 19.5 Å². The Morgan fingerprint density at radius 1 is 1.31 bits per heavy atom. The van der Waals surface area contributed by atoms with Crippen molar-refractivity contribution >= 4 is 22.5 Å². The molecular weight excluding hydrogens is 332 g/mol. The number of furan rings is 1. The van der Waals surface area contributed by atoms with Crippen LogP contribution in [0.2, 0.25) is 0 Å². The van der Waals surface area contributed by atoms with Gasteiger partial charge in [-0.05, 0) is 26.7 Å². The third kappa shape index (κ3) is 3.38. The van der Waals surface area contributed by atoms with Crippen LogP contribution in [0.4, 0.5) is 0 Å². The van der Waals surface area contributed by atoms with Gasteiger partial charge >= 0.3 is 0 Å². The lowest BCUT2D eigenvalue weighted by Crippen LogP contribution is -2.32. The fourth-order valence-electron chi connectivity index (χ4n) is 3.13. The van der Waals surface area contributed by atoms with Gasteiger partial charge in [-0.25, -0.2) is 4.68 Å². The molecule has 0 aliphatic heterocycles. The number of fused-ring (bicyclic) bond motifs is 3. The highest BCUT2D eigenvalue weighted by atomic mass is 16.3. The Labute approximate surface area is 152 Å². The van der Waals surface area contributed by atoms with E-state index >= 15 is 0 Å². The van der Waals surface area contributed by atoms with Crippen LogP contribution in [0.3, 0.4) is 0 Å². The average Bonchev–Trinajstić information content (AvgIpc) is 3.13. The Balaban J connectivity index is 1.84. The summed E-state index contributed by atoms with van der Waals surface area (Å²) in [4.78, 5) is 24.7. The average molecular weight is 358 g/mol. The van der Waals surface area contributed by atoms with Crippen LogP contribution < -0.4 is 10.9 Å². The smallest absolute Gasteiger partial charge is 0.291 e.